The minimum absolute atomic E-state index is 0. The lowest BCUT2D eigenvalue weighted by atomic mass is 10.1. The van der Waals surface area contributed by atoms with E-state index in [0.717, 1.165) is 36.2 Å². The number of hydrogen-bond donors (Lipinski definition) is 2. The van der Waals surface area contributed by atoms with Crippen molar-refractivity contribution in [2.45, 2.75) is 13.0 Å². The standard InChI is InChI=1S/C12H16BrNO2.ClH/c13-11-1-2-12(15)10(5-11)7-14-6-9-3-4-16-8-9;/h1-2,5,9,14-15H,3-4,6-8H2;1H. The van der Waals surface area contributed by atoms with Crippen LogP contribution in [0.1, 0.15) is 12.0 Å². The second-order valence-electron chi connectivity index (χ2n) is 4.13. The van der Waals surface area contributed by atoms with Gasteiger partial charge >= 0.3 is 0 Å². The number of halogens is 2. The molecule has 5 heteroatoms. The number of phenolic OH excluding ortho intramolecular Hbond substituents is 1. The maximum atomic E-state index is 9.64. The highest BCUT2D eigenvalue weighted by Gasteiger charge is 2.14. The van der Waals surface area contributed by atoms with Crippen molar-refractivity contribution in [2.24, 2.45) is 5.92 Å². The first-order valence-corrected chi connectivity index (χ1v) is 6.31. The van der Waals surface area contributed by atoms with Crippen LogP contribution in [-0.2, 0) is 11.3 Å². The van der Waals surface area contributed by atoms with Gasteiger partial charge < -0.3 is 15.2 Å². The van der Waals surface area contributed by atoms with Crippen molar-refractivity contribution in [1.29, 1.82) is 0 Å². The minimum atomic E-state index is 0. The fourth-order valence-electron chi connectivity index (χ4n) is 1.85. The maximum absolute atomic E-state index is 9.64. The molecule has 1 saturated heterocycles. The molecule has 0 radical (unpaired) electrons. The summed E-state index contributed by atoms with van der Waals surface area (Å²) in [7, 11) is 0. The molecule has 1 aliphatic rings. The first kappa shape index (κ1) is 14.8. The van der Waals surface area contributed by atoms with Crippen LogP contribution in [0.25, 0.3) is 0 Å². The van der Waals surface area contributed by atoms with Crippen molar-refractivity contribution < 1.29 is 9.84 Å². The molecule has 1 aliphatic heterocycles. The van der Waals surface area contributed by atoms with Gasteiger partial charge in [-0.05, 0) is 30.5 Å². The minimum Gasteiger partial charge on any atom is -0.508 e. The third-order valence-corrected chi connectivity index (χ3v) is 3.31. The summed E-state index contributed by atoms with van der Waals surface area (Å²) >= 11 is 3.40. The van der Waals surface area contributed by atoms with Crippen molar-refractivity contribution in [1.82, 2.24) is 5.32 Å². The van der Waals surface area contributed by atoms with E-state index in [9.17, 15) is 5.11 Å². The summed E-state index contributed by atoms with van der Waals surface area (Å²) in [6.45, 7) is 3.39. The van der Waals surface area contributed by atoms with Gasteiger partial charge in [-0.3, -0.25) is 0 Å². The molecule has 2 rings (SSSR count). The monoisotopic (exact) mass is 321 g/mol. The van der Waals surface area contributed by atoms with Gasteiger partial charge in [-0.25, -0.2) is 0 Å². The van der Waals surface area contributed by atoms with Crippen LogP contribution in [0, 0.1) is 5.92 Å². The van der Waals surface area contributed by atoms with Crippen LogP contribution < -0.4 is 5.32 Å². The fraction of sp³-hybridized carbons (Fsp3) is 0.500. The summed E-state index contributed by atoms with van der Waals surface area (Å²) < 4.78 is 6.30. The smallest absolute Gasteiger partial charge is 0.120 e. The first-order valence-electron chi connectivity index (χ1n) is 5.51. The summed E-state index contributed by atoms with van der Waals surface area (Å²) in [6, 6.07) is 5.48. The molecule has 3 nitrogen and oxygen atoms in total. The van der Waals surface area contributed by atoms with Crippen LogP contribution in [-0.4, -0.2) is 24.9 Å². The highest BCUT2D eigenvalue weighted by atomic mass is 79.9. The number of phenols is 1. The van der Waals surface area contributed by atoms with Crippen LogP contribution in [0.5, 0.6) is 5.75 Å². The Morgan fingerprint density at radius 1 is 1.47 bits per heavy atom. The first-order chi connectivity index (χ1) is 7.75. The Hall–Kier alpha value is -0.290. The van der Waals surface area contributed by atoms with Crippen LogP contribution in [0.3, 0.4) is 0 Å². The van der Waals surface area contributed by atoms with Crippen molar-refractivity contribution in [3.8, 4) is 5.75 Å². The Bertz CT molecular complexity index is 356. The van der Waals surface area contributed by atoms with Gasteiger partial charge in [0.2, 0.25) is 0 Å². The van der Waals surface area contributed by atoms with Crippen molar-refractivity contribution in [3.05, 3.63) is 28.2 Å². The molecule has 2 N–H and O–H groups in total. The van der Waals surface area contributed by atoms with Gasteiger partial charge in [-0.1, -0.05) is 15.9 Å². The van der Waals surface area contributed by atoms with Gasteiger partial charge in [0.05, 0.1) is 6.61 Å². The number of ether oxygens (including phenoxy) is 1. The van der Waals surface area contributed by atoms with Crippen LogP contribution >= 0.6 is 28.3 Å². The predicted molar refractivity (Wildman–Crippen MR) is 73.7 cm³/mol. The molecular weight excluding hydrogens is 305 g/mol. The Morgan fingerprint density at radius 3 is 3.00 bits per heavy atom. The summed E-state index contributed by atoms with van der Waals surface area (Å²) in [5.74, 6) is 0.965. The van der Waals surface area contributed by atoms with E-state index in [0.29, 0.717) is 18.2 Å². The molecule has 0 aliphatic carbocycles. The molecule has 0 spiro atoms. The third kappa shape index (κ3) is 4.47. The molecule has 0 aromatic heterocycles. The molecule has 0 bridgehead atoms. The largest absolute Gasteiger partial charge is 0.508 e. The van der Waals surface area contributed by atoms with E-state index in [4.69, 9.17) is 4.74 Å². The van der Waals surface area contributed by atoms with E-state index in [-0.39, 0.29) is 12.4 Å². The quantitative estimate of drug-likeness (QED) is 0.895. The average molecular weight is 323 g/mol. The molecule has 17 heavy (non-hydrogen) atoms. The van der Waals surface area contributed by atoms with Gasteiger partial charge in [0.1, 0.15) is 5.75 Å². The Kier molecular flexibility index (Phi) is 6.27. The summed E-state index contributed by atoms with van der Waals surface area (Å²) in [5, 5.41) is 13.0. The highest BCUT2D eigenvalue weighted by molar-refractivity contribution is 9.10. The predicted octanol–water partition coefficient (Wildman–Crippen LogP) is 2.70. The molecular formula is C12H17BrClNO2. The lowest BCUT2D eigenvalue weighted by Crippen LogP contribution is -2.22. The molecule has 1 aromatic rings. The van der Waals surface area contributed by atoms with E-state index < -0.39 is 0 Å². The average Bonchev–Trinajstić information content (AvgIpc) is 2.76. The SMILES string of the molecule is Cl.Oc1ccc(Br)cc1CNCC1CCOC1. The van der Waals surface area contributed by atoms with Crippen LogP contribution in [0.4, 0.5) is 0 Å². The second kappa shape index (κ2) is 7.21. The highest BCUT2D eigenvalue weighted by Crippen LogP contribution is 2.21. The van der Waals surface area contributed by atoms with Gasteiger partial charge in [0, 0.05) is 29.7 Å². The van der Waals surface area contributed by atoms with Crippen molar-refractivity contribution >= 4 is 28.3 Å². The molecule has 1 unspecified atom stereocenters. The zero-order valence-corrected chi connectivity index (χ0v) is 11.9. The van der Waals surface area contributed by atoms with Gasteiger partial charge in [-0.15, -0.1) is 12.4 Å². The van der Waals surface area contributed by atoms with Crippen LogP contribution in [0.2, 0.25) is 0 Å². The van der Waals surface area contributed by atoms with E-state index >= 15 is 0 Å². The number of rotatable bonds is 4. The van der Waals surface area contributed by atoms with E-state index in [1.165, 1.54) is 0 Å². The summed E-state index contributed by atoms with van der Waals surface area (Å²) in [5.41, 5.74) is 0.924. The third-order valence-electron chi connectivity index (χ3n) is 2.81. The topological polar surface area (TPSA) is 41.5 Å². The Labute approximate surface area is 116 Å². The zero-order valence-electron chi connectivity index (χ0n) is 9.49. The second-order valence-corrected chi connectivity index (χ2v) is 5.05. The molecule has 1 atom stereocenters. The lowest BCUT2D eigenvalue weighted by molar-refractivity contribution is 0.185. The number of benzene rings is 1. The van der Waals surface area contributed by atoms with E-state index in [1.807, 2.05) is 12.1 Å². The molecule has 96 valence electrons. The Balaban J connectivity index is 0.00000144. The van der Waals surface area contributed by atoms with Gasteiger partial charge in [0.25, 0.3) is 0 Å². The molecule has 1 aromatic carbocycles. The zero-order chi connectivity index (χ0) is 11.4. The normalized spacial score (nSPS) is 19.0. The summed E-state index contributed by atoms with van der Waals surface area (Å²) in [6.07, 6.45) is 1.14. The maximum Gasteiger partial charge on any atom is 0.120 e. The Morgan fingerprint density at radius 2 is 2.29 bits per heavy atom. The van der Waals surface area contributed by atoms with Gasteiger partial charge in [0.15, 0.2) is 0 Å². The van der Waals surface area contributed by atoms with Crippen molar-refractivity contribution in [2.75, 3.05) is 19.8 Å². The van der Waals surface area contributed by atoms with Gasteiger partial charge in [-0.2, -0.15) is 0 Å². The lowest BCUT2D eigenvalue weighted by Gasteiger charge is -2.10. The van der Waals surface area contributed by atoms with Crippen molar-refractivity contribution in [3.63, 3.8) is 0 Å². The van der Waals surface area contributed by atoms with E-state index in [2.05, 4.69) is 21.2 Å². The number of hydrogen-bond acceptors (Lipinski definition) is 3. The fourth-order valence-corrected chi connectivity index (χ4v) is 2.26. The summed E-state index contributed by atoms with van der Waals surface area (Å²) in [4.78, 5) is 0. The molecule has 0 saturated carbocycles. The van der Waals surface area contributed by atoms with Crippen LogP contribution in [0.15, 0.2) is 22.7 Å². The number of nitrogens with one attached hydrogen (secondary N) is 1. The molecule has 1 fully saturated rings. The molecule has 1 heterocycles. The number of aromatic hydroxyl groups is 1. The molecule has 0 amide bonds. The van der Waals surface area contributed by atoms with E-state index in [1.54, 1.807) is 6.07 Å².